The van der Waals surface area contributed by atoms with Crippen molar-refractivity contribution in [3.8, 4) is 0 Å². The third kappa shape index (κ3) is 3.19. The molecule has 1 saturated heterocycles. The van der Waals surface area contributed by atoms with Gasteiger partial charge >= 0.3 is 0 Å². The van der Waals surface area contributed by atoms with E-state index >= 15 is 0 Å². The van der Waals surface area contributed by atoms with Gasteiger partial charge in [-0.25, -0.2) is 0 Å². The van der Waals surface area contributed by atoms with Gasteiger partial charge in [-0.2, -0.15) is 0 Å². The summed E-state index contributed by atoms with van der Waals surface area (Å²) in [7, 11) is 0. The highest BCUT2D eigenvalue weighted by Crippen LogP contribution is 2.25. The van der Waals surface area contributed by atoms with Crippen molar-refractivity contribution in [3.63, 3.8) is 0 Å². The van der Waals surface area contributed by atoms with Gasteiger partial charge in [0.15, 0.2) is 5.76 Å². The lowest BCUT2D eigenvalue weighted by atomic mass is 10.2. The summed E-state index contributed by atoms with van der Waals surface area (Å²) in [5.41, 5.74) is 0. The maximum absolute atomic E-state index is 12.1. The Hall–Kier alpha value is -2.01. The van der Waals surface area contributed by atoms with E-state index in [9.17, 15) is 4.79 Å². The first kappa shape index (κ1) is 13.9. The predicted molar refractivity (Wildman–Crippen MR) is 78.0 cm³/mol. The first-order chi connectivity index (χ1) is 10.2. The molecule has 1 atom stereocenters. The van der Waals surface area contributed by atoms with Crippen LogP contribution in [0.15, 0.2) is 39.4 Å². The van der Waals surface area contributed by atoms with E-state index < -0.39 is 0 Å². The predicted octanol–water partition coefficient (Wildman–Crippen LogP) is 2.75. The van der Waals surface area contributed by atoms with Crippen molar-refractivity contribution in [2.45, 2.75) is 25.8 Å². The van der Waals surface area contributed by atoms with Crippen LogP contribution in [0.5, 0.6) is 0 Å². The number of likely N-dealkylation sites (tertiary alicyclic amines) is 1. The average Bonchev–Trinajstić information content (AvgIpc) is 3.21. The molecule has 5 nitrogen and oxygen atoms in total. The molecule has 0 aromatic carbocycles. The first-order valence-electron chi connectivity index (χ1n) is 7.36. The van der Waals surface area contributed by atoms with E-state index in [-0.39, 0.29) is 11.9 Å². The van der Waals surface area contributed by atoms with Crippen LogP contribution in [0.2, 0.25) is 0 Å². The molecular formula is C16H20N2O3. The monoisotopic (exact) mass is 288 g/mol. The SMILES string of the molecule is Cc1ccc(C(=O)NCC(c2ccco2)N2CCCC2)o1. The van der Waals surface area contributed by atoms with Crippen LogP contribution < -0.4 is 5.32 Å². The zero-order valence-electron chi connectivity index (χ0n) is 12.2. The third-order valence-electron chi connectivity index (χ3n) is 3.87. The minimum atomic E-state index is -0.182. The van der Waals surface area contributed by atoms with E-state index in [0.29, 0.717) is 12.3 Å². The van der Waals surface area contributed by atoms with Crippen LogP contribution in [0.4, 0.5) is 0 Å². The normalized spacial score (nSPS) is 17.0. The zero-order chi connectivity index (χ0) is 14.7. The Labute approximate surface area is 123 Å². The van der Waals surface area contributed by atoms with E-state index in [0.717, 1.165) is 24.6 Å². The maximum Gasteiger partial charge on any atom is 0.287 e. The number of nitrogens with zero attached hydrogens (tertiary/aromatic N) is 1. The molecule has 0 radical (unpaired) electrons. The minimum absolute atomic E-state index is 0.0857. The molecule has 1 amide bonds. The standard InChI is InChI=1S/C16H20N2O3/c1-12-6-7-15(21-12)16(19)17-11-13(14-5-4-10-20-14)18-8-2-3-9-18/h4-7,10,13H,2-3,8-9,11H2,1H3,(H,17,19). The number of carbonyl (C=O) groups is 1. The van der Waals surface area contributed by atoms with Crippen LogP contribution in [-0.2, 0) is 0 Å². The van der Waals surface area contributed by atoms with Gasteiger partial charge in [0.2, 0.25) is 0 Å². The van der Waals surface area contributed by atoms with Crippen molar-refractivity contribution in [2.24, 2.45) is 0 Å². The number of furan rings is 2. The van der Waals surface area contributed by atoms with E-state index in [2.05, 4.69) is 10.2 Å². The second-order valence-electron chi connectivity index (χ2n) is 5.39. The maximum atomic E-state index is 12.1. The molecule has 3 rings (SSSR count). The number of aryl methyl sites for hydroxylation is 1. The van der Waals surface area contributed by atoms with Gasteiger partial charge in [-0.15, -0.1) is 0 Å². The number of amides is 1. The second-order valence-corrected chi connectivity index (χ2v) is 5.39. The molecule has 1 unspecified atom stereocenters. The van der Waals surface area contributed by atoms with Crippen molar-refractivity contribution in [3.05, 3.63) is 47.8 Å². The van der Waals surface area contributed by atoms with Gasteiger partial charge < -0.3 is 14.2 Å². The van der Waals surface area contributed by atoms with Crippen molar-refractivity contribution in [1.29, 1.82) is 0 Å². The lowest BCUT2D eigenvalue weighted by molar-refractivity contribution is 0.0905. The molecule has 21 heavy (non-hydrogen) atoms. The van der Waals surface area contributed by atoms with E-state index in [4.69, 9.17) is 8.83 Å². The zero-order valence-corrected chi connectivity index (χ0v) is 12.2. The fraction of sp³-hybridized carbons (Fsp3) is 0.438. The van der Waals surface area contributed by atoms with Crippen molar-refractivity contribution in [1.82, 2.24) is 10.2 Å². The van der Waals surface area contributed by atoms with Gasteiger partial charge in [-0.05, 0) is 57.1 Å². The van der Waals surface area contributed by atoms with Crippen LogP contribution in [0.3, 0.4) is 0 Å². The summed E-state index contributed by atoms with van der Waals surface area (Å²) in [5.74, 6) is 1.81. The van der Waals surface area contributed by atoms with Crippen LogP contribution in [0.25, 0.3) is 0 Å². The number of carbonyl (C=O) groups excluding carboxylic acids is 1. The molecule has 1 N–H and O–H groups in total. The molecule has 2 aromatic heterocycles. The van der Waals surface area contributed by atoms with Gasteiger partial charge in [-0.1, -0.05) is 0 Å². The summed E-state index contributed by atoms with van der Waals surface area (Å²) in [4.78, 5) is 14.4. The fourth-order valence-electron chi connectivity index (χ4n) is 2.78. The molecule has 112 valence electrons. The highest BCUT2D eigenvalue weighted by molar-refractivity contribution is 5.91. The summed E-state index contributed by atoms with van der Waals surface area (Å²) in [5, 5.41) is 2.94. The van der Waals surface area contributed by atoms with Gasteiger partial charge in [-0.3, -0.25) is 9.69 Å². The molecule has 1 aliphatic heterocycles. The molecule has 1 aliphatic rings. The summed E-state index contributed by atoms with van der Waals surface area (Å²) in [6, 6.07) is 7.42. The molecule has 0 saturated carbocycles. The lowest BCUT2D eigenvalue weighted by Crippen LogP contribution is -2.36. The summed E-state index contributed by atoms with van der Waals surface area (Å²) >= 11 is 0. The minimum Gasteiger partial charge on any atom is -0.468 e. The Morgan fingerprint density at radius 2 is 2.14 bits per heavy atom. The van der Waals surface area contributed by atoms with Crippen molar-refractivity contribution >= 4 is 5.91 Å². The first-order valence-corrected chi connectivity index (χ1v) is 7.36. The Kier molecular flexibility index (Phi) is 4.10. The van der Waals surface area contributed by atoms with Crippen LogP contribution in [0.1, 0.15) is 41.0 Å². The molecular weight excluding hydrogens is 268 g/mol. The Morgan fingerprint density at radius 3 is 2.76 bits per heavy atom. The highest BCUT2D eigenvalue weighted by atomic mass is 16.3. The molecule has 5 heteroatoms. The van der Waals surface area contributed by atoms with Gasteiger partial charge in [0.1, 0.15) is 11.5 Å². The molecule has 3 heterocycles. The van der Waals surface area contributed by atoms with E-state index in [1.165, 1.54) is 12.8 Å². The Balaban J connectivity index is 1.66. The quantitative estimate of drug-likeness (QED) is 0.919. The van der Waals surface area contributed by atoms with E-state index in [1.807, 2.05) is 19.1 Å². The number of hydrogen-bond acceptors (Lipinski definition) is 4. The topological polar surface area (TPSA) is 58.6 Å². The lowest BCUT2D eigenvalue weighted by Gasteiger charge is -2.25. The van der Waals surface area contributed by atoms with Crippen molar-refractivity contribution < 1.29 is 13.6 Å². The fourth-order valence-corrected chi connectivity index (χ4v) is 2.78. The summed E-state index contributed by atoms with van der Waals surface area (Å²) in [6.07, 6.45) is 4.07. The van der Waals surface area contributed by atoms with Gasteiger partial charge in [0.25, 0.3) is 5.91 Å². The van der Waals surface area contributed by atoms with Crippen LogP contribution in [-0.4, -0.2) is 30.4 Å². The largest absolute Gasteiger partial charge is 0.468 e. The van der Waals surface area contributed by atoms with Crippen LogP contribution in [0, 0.1) is 6.92 Å². The summed E-state index contributed by atoms with van der Waals surface area (Å²) in [6.45, 7) is 4.43. The molecule has 2 aromatic rings. The van der Waals surface area contributed by atoms with Crippen molar-refractivity contribution in [2.75, 3.05) is 19.6 Å². The molecule has 0 spiro atoms. The van der Waals surface area contributed by atoms with Crippen LogP contribution >= 0.6 is 0 Å². The number of hydrogen-bond donors (Lipinski definition) is 1. The average molecular weight is 288 g/mol. The van der Waals surface area contributed by atoms with Gasteiger partial charge in [0, 0.05) is 6.54 Å². The molecule has 0 bridgehead atoms. The third-order valence-corrected chi connectivity index (χ3v) is 3.87. The second kappa shape index (κ2) is 6.18. The number of rotatable bonds is 5. The van der Waals surface area contributed by atoms with E-state index in [1.54, 1.807) is 18.4 Å². The molecule has 1 fully saturated rings. The highest BCUT2D eigenvalue weighted by Gasteiger charge is 2.26. The molecule has 0 aliphatic carbocycles. The Morgan fingerprint density at radius 1 is 1.33 bits per heavy atom. The smallest absolute Gasteiger partial charge is 0.287 e. The van der Waals surface area contributed by atoms with Gasteiger partial charge in [0.05, 0.1) is 12.3 Å². The Bertz CT molecular complexity index is 582. The summed E-state index contributed by atoms with van der Waals surface area (Å²) < 4.78 is 10.9. The number of nitrogens with one attached hydrogen (secondary N) is 1.